The van der Waals surface area contributed by atoms with Gasteiger partial charge in [0.2, 0.25) is 0 Å². The van der Waals surface area contributed by atoms with Crippen molar-refractivity contribution in [3.05, 3.63) is 58.6 Å². The van der Waals surface area contributed by atoms with Crippen LogP contribution in [0.2, 0.25) is 0 Å². The van der Waals surface area contributed by atoms with Crippen LogP contribution in [0.1, 0.15) is 6.42 Å². The molecule has 2 aliphatic rings. The third-order valence-electron chi connectivity index (χ3n) is 2.14. The van der Waals surface area contributed by atoms with E-state index in [1.54, 1.807) is 0 Å². The zero-order valence-corrected chi connectivity index (χ0v) is 8.42. The van der Waals surface area contributed by atoms with E-state index in [9.17, 15) is 0 Å². The van der Waals surface area contributed by atoms with E-state index in [1.165, 1.54) is 22.9 Å². The van der Waals surface area contributed by atoms with Gasteiger partial charge in [-0.05, 0) is 35.4 Å². The highest BCUT2D eigenvalue weighted by molar-refractivity contribution is 8.07. The fourth-order valence-corrected chi connectivity index (χ4v) is 2.00. The van der Waals surface area contributed by atoms with E-state index in [4.69, 9.17) is 5.26 Å². The SMILES string of the molecule is N#CSC1=CC=CC2=CC=CC=C1C2. The molecule has 0 N–H and O–H groups in total. The molecule has 0 saturated heterocycles. The molecular formula is C12H9NS. The Morgan fingerprint density at radius 2 is 2.00 bits per heavy atom. The number of rotatable bonds is 1. The van der Waals surface area contributed by atoms with Crippen LogP contribution in [0, 0.1) is 10.7 Å². The summed E-state index contributed by atoms with van der Waals surface area (Å²) in [4.78, 5) is 1.05. The predicted molar refractivity (Wildman–Crippen MR) is 60.4 cm³/mol. The Balaban J connectivity index is 2.39. The highest BCUT2D eigenvalue weighted by Gasteiger charge is 2.10. The number of allylic oxidation sites excluding steroid dienone is 9. The Morgan fingerprint density at radius 3 is 2.86 bits per heavy atom. The molecule has 0 fully saturated rings. The van der Waals surface area contributed by atoms with Crippen LogP contribution in [0.25, 0.3) is 0 Å². The Hall–Kier alpha value is -1.46. The second-order valence-corrected chi connectivity index (χ2v) is 3.91. The fourth-order valence-electron chi connectivity index (χ4n) is 1.49. The number of thioether (sulfide) groups is 1. The molecular weight excluding hydrogens is 190 g/mol. The lowest BCUT2D eigenvalue weighted by atomic mass is 10.1. The molecule has 14 heavy (non-hydrogen) atoms. The fraction of sp³-hybridized carbons (Fsp3) is 0.0833. The monoisotopic (exact) mass is 199 g/mol. The Kier molecular flexibility index (Phi) is 2.71. The summed E-state index contributed by atoms with van der Waals surface area (Å²) in [6.45, 7) is 0. The molecule has 0 radical (unpaired) electrons. The molecule has 1 nitrogen and oxygen atoms in total. The first-order valence-corrected chi connectivity index (χ1v) is 5.23. The van der Waals surface area contributed by atoms with Crippen LogP contribution in [0.4, 0.5) is 0 Å². The number of hydrogen-bond acceptors (Lipinski definition) is 2. The second kappa shape index (κ2) is 4.17. The lowest BCUT2D eigenvalue weighted by molar-refractivity contribution is 1.22. The van der Waals surface area contributed by atoms with Crippen molar-refractivity contribution >= 4 is 11.8 Å². The van der Waals surface area contributed by atoms with E-state index in [0.717, 1.165) is 11.3 Å². The Labute approximate surface area is 87.8 Å². The van der Waals surface area contributed by atoms with Gasteiger partial charge in [0.15, 0.2) is 0 Å². The van der Waals surface area contributed by atoms with E-state index >= 15 is 0 Å². The van der Waals surface area contributed by atoms with Crippen LogP contribution in [-0.2, 0) is 0 Å². The highest BCUT2D eigenvalue weighted by atomic mass is 32.2. The summed E-state index contributed by atoms with van der Waals surface area (Å²) in [6.07, 6.45) is 15.3. The average molecular weight is 199 g/mol. The van der Waals surface area contributed by atoms with Gasteiger partial charge in [-0.1, -0.05) is 36.5 Å². The van der Waals surface area contributed by atoms with Gasteiger partial charge in [-0.3, -0.25) is 0 Å². The van der Waals surface area contributed by atoms with Crippen molar-refractivity contribution in [2.75, 3.05) is 0 Å². The topological polar surface area (TPSA) is 23.8 Å². The summed E-state index contributed by atoms with van der Waals surface area (Å²) in [6, 6.07) is 0. The summed E-state index contributed by atoms with van der Waals surface area (Å²) >= 11 is 1.23. The van der Waals surface area contributed by atoms with Gasteiger partial charge in [-0.25, -0.2) is 0 Å². The summed E-state index contributed by atoms with van der Waals surface area (Å²) in [5, 5.41) is 10.8. The Morgan fingerprint density at radius 1 is 1.14 bits per heavy atom. The number of nitrogens with zero attached hydrogens (tertiary/aromatic N) is 1. The second-order valence-electron chi connectivity index (χ2n) is 3.08. The van der Waals surface area contributed by atoms with Gasteiger partial charge in [0, 0.05) is 4.91 Å². The molecule has 0 aromatic carbocycles. The molecule has 0 saturated carbocycles. The molecule has 68 valence electrons. The highest BCUT2D eigenvalue weighted by Crippen LogP contribution is 2.31. The summed E-state index contributed by atoms with van der Waals surface area (Å²) < 4.78 is 0. The maximum atomic E-state index is 8.67. The first-order chi connectivity index (χ1) is 6.90. The van der Waals surface area contributed by atoms with Crippen molar-refractivity contribution < 1.29 is 0 Å². The molecule has 0 aliphatic heterocycles. The van der Waals surface area contributed by atoms with Crippen LogP contribution in [0.5, 0.6) is 0 Å². The van der Waals surface area contributed by atoms with Gasteiger partial charge in [0.25, 0.3) is 0 Å². The number of thiocyanates is 1. The number of hydrogen-bond donors (Lipinski definition) is 0. The van der Waals surface area contributed by atoms with Crippen LogP contribution in [0.15, 0.2) is 58.6 Å². The van der Waals surface area contributed by atoms with E-state index < -0.39 is 0 Å². The van der Waals surface area contributed by atoms with Crippen molar-refractivity contribution in [1.82, 2.24) is 0 Å². The third kappa shape index (κ3) is 1.89. The molecule has 0 heterocycles. The van der Waals surface area contributed by atoms with Gasteiger partial charge in [-0.15, -0.1) is 0 Å². The summed E-state index contributed by atoms with van der Waals surface area (Å²) in [5.41, 5.74) is 2.51. The zero-order valence-electron chi connectivity index (χ0n) is 7.60. The molecule has 0 atom stereocenters. The summed E-state index contributed by atoms with van der Waals surface area (Å²) in [7, 11) is 0. The molecule has 0 spiro atoms. The van der Waals surface area contributed by atoms with Crippen LogP contribution in [0.3, 0.4) is 0 Å². The quantitative estimate of drug-likeness (QED) is 0.604. The summed E-state index contributed by atoms with van der Waals surface area (Å²) in [5.74, 6) is 0. The van der Waals surface area contributed by atoms with Crippen LogP contribution < -0.4 is 0 Å². The van der Waals surface area contributed by atoms with Crippen molar-refractivity contribution in [1.29, 1.82) is 5.26 Å². The van der Waals surface area contributed by atoms with Crippen molar-refractivity contribution in [2.24, 2.45) is 0 Å². The maximum absolute atomic E-state index is 8.67. The molecule has 0 aromatic rings. The van der Waals surface area contributed by atoms with Gasteiger partial charge < -0.3 is 0 Å². The normalized spacial score (nSPS) is 18.6. The van der Waals surface area contributed by atoms with Gasteiger partial charge in [0.05, 0.1) is 0 Å². The smallest absolute Gasteiger partial charge is 0.138 e. The minimum Gasteiger partial charge on any atom is -0.185 e. The van der Waals surface area contributed by atoms with Crippen molar-refractivity contribution in [3.63, 3.8) is 0 Å². The van der Waals surface area contributed by atoms with E-state index in [-0.39, 0.29) is 0 Å². The molecule has 0 amide bonds. The van der Waals surface area contributed by atoms with E-state index in [1.807, 2.05) is 24.3 Å². The third-order valence-corrected chi connectivity index (χ3v) is 2.85. The zero-order chi connectivity index (χ0) is 9.80. The maximum Gasteiger partial charge on any atom is 0.138 e. The molecule has 0 aromatic heterocycles. The minimum absolute atomic E-state index is 0.921. The van der Waals surface area contributed by atoms with E-state index in [2.05, 4.69) is 23.6 Å². The van der Waals surface area contributed by atoms with Gasteiger partial charge >= 0.3 is 0 Å². The molecule has 0 unspecified atom stereocenters. The van der Waals surface area contributed by atoms with E-state index in [0.29, 0.717) is 0 Å². The standard InChI is InChI=1S/C12H9NS/c13-9-14-12-7-3-5-10-4-1-2-6-11(12)8-10/h1-7H,8H2. The average Bonchev–Trinajstić information content (AvgIpc) is 2.52. The lowest BCUT2D eigenvalue weighted by Gasteiger charge is -2.04. The van der Waals surface area contributed by atoms with Gasteiger partial charge in [-0.2, -0.15) is 5.26 Å². The predicted octanol–water partition coefficient (Wildman–Crippen LogP) is 3.47. The molecule has 2 aliphatic carbocycles. The minimum atomic E-state index is 0.921. The first kappa shape index (κ1) is 9.11. The Bertz CT molecular complexity index is 428. The van der Waals surface area contributed by atoms with Gasteiger partial charge in [0.1, 0.15) is 5.40 Å². The molecule has 2 heteroatoms. The number of nitriles is 1. The number of fused-ring (bicyclic) bond motifs is 2. The molecule has 2 bridgehead atoms. The largest absolute Gasteiger partial charge is 0.185 e. The van der Waals surface area contributed by atoms with Crippen LogP contribution >= 0.6 is 11.8 Å². The van der Waals surface area contributed by atoms with Crippen LogP contribution in [-0.4, -0.2) is 0 Å². The molecule has 2 rings (SSSR count). The lowest BCUT2D eigenvalue weighted by Crippen LogP contribution is -1.84. The van der Waals surface area contributed by atoms with Crippen molar-refractivity contribution in [2.45, 2.75) is 6.42 Å². The van der Waals surface area contributed by atoms with Crippen molar-refractivity contribution in [3.8, 4) is 5.40 Å². The first-order valence-electron chi connectivity index (χ1n) is 4.41.